The van der Waals surface area contributed by atoms with Crippen molar-refractivity contribution in [3.63, 3.8) is 0 Å². The Balaban J connectivity index is 1.77. The third-order valence-corrected chi connectivity index (χ3v) is 5.19. The fourth-order valence-corrected chi connectivity index (χ4v) is 3.78. The minimum Gasteiger partial charge on any atom is -0.405 e. The van der Waals surface area contributed by atoms with Crippen LogP contribution in [0.1, 0.15) is 37.7 Å². The van der Waals surface area contributed by atoms with Gasteiger partial charge in [-0.3, -0.25) is 4.40 Å². The Kier molecular flexibility index (Phi) is 5.44. The average molecular weight is 444 g/mol. The Hall–Kier alpha value is -2.98. The van der Waals surface area contributed by atoms with E-state index in [-0.39, 0.29) is 17.3 Å². The molecule has 3 aromatic rings. The minimum absolute atomic E-state index is 0.0211. The number of hydrogen-bond donors (Lipinski definition) is 1. The van der Waals surface area contributed by atoms with Crippen molar-refractivity contribution in [3.05, 3.63) is 42.1 Å². The molecule has 0 spiro atoms. The van der Waals surface area contributed by atoms with E-state index in [2.05, 4.69) is 20.3 Å². The average Bonchev–Trinajstić information content (AvgIpc) is 3.18. The van der Waals surface area contributed by atoms with E-state index >= 15 is 0 Å². The molecule has 0 atom stereocenters. The van der Waals surface area contributed by atoms with Crippen molar-refractivity contribution >= 4 is 11.5 Å². The van der Waals surface area contributed by atoms with Crippen LogP contribution in [0.2, 0.25) is 0 Å². The summed E-state index contributed by atoms with van der Waals surface area (Å²) in [5.74, 6) is -0.575. The van der Waals surface area contributed by atoms with Gasteiger partial charge in [0, 0.05) is 17.8 Å². The molecule has 0 amide bonds. The Labute approximate surface area is 173 Å². The maximum Gasteiger partial charge on any atom is 0.573 e. The molecule has 0 aliphatic heterocycles. The van der Waals surface area contributed by atoms with Crippen LogP contribution in [0.3, 0.4) is 0 Å². The van der Waals surface area contributed by atoms with Gasteiger partial charge >= 0.3 is 12.5 Å². The van der Waals surface area contributed by atoms with E-state index in [1.165, 1.54) is 0 Å². The summed E-state index contributed by atoms with van der Waals surface area (Å²) in [6.07, 6.45) is -3.07. The second-order valence-corrected chi connectivity index (χ2v) is 7.37. The van der Waals surface area contributed by atoms with Gasteiger partial charge in [-0.2, -0.15) is 13.2 Å². The Morgan fingerprint density at radius 2 is 1.71 bits per heavy atom. The summed E-state index contributed by atoms with van der Waals surface area (Å²) in [7, 11) is 0. The number of alkyl halides is 6. The summed E-state index contributed by atoms with van der Waals surface area (Å²) in [6, 6.07) is 5.38. The van der Waals surface area contributed by atoms with Crippen LogP contribution in [0.5, 0.6) is 5.75 Å². The number of benzene rings is 1. The summed E-state index contributed by atoms with van der Waals surface area (Å²) < 4.78 is 83.3. The molecule has 1 aromatic carbocycles. The third-order valence-electron chi connectivity index (χ3n) is 5.19. The summed E-state index contributed by atoms with van der Waals surface area (Å²) in [5, 5.41) is 11.4. The predicted molar refractivity (Wildman–Crippen MR) is 101 cm³/mol. The molecule has 166 valence electrons. The zero-order valence-electron chi connectivity index (χ0n) is 16.1. The highest BCUT2D eigenvalue weighted by molar-refractivity contribution is 5.81. The fourth-order valence-electron chi connectivity index (χ4n) is 3.78. The molecule has 11 heteroatoms. The maximum atomic E-state index is 13.0. The van der Waals surface area contributed by atoms with E-state index in [1.807, 2.05) is 0 Å². The van der Waals surface area contributed by atoms with Gasteiger partial charge in [0.1, 0.15) is 11.4 Å². The molecule has 0 bridgehead atoms. The van der Waals surface area contributed by atoms with Crippen molar-refractivity contribution < 1.29 is 31.1 Å². The quantitative estimate of drug-likeness (QED) is 0.497. The van der Waals surface area contributed by atoms with Gasteiger partial charge in [-0.1, -0.05) is 19.3 Å². The Morgan fingerprint density at radius 3 is 2.39 bits per heavy atom. The van der Waals surface area contributed by atoms with E-state index in [4.69, 9.17) is 0 Å². The summed E-state index contributed by atoms with van der Waals surface area (Å²) in [5.41, 5.74) is -1.14. The SMILES string of the molecule is FC(F)(F)Oc1cc(C(F)(F)F)ccc1-c1nnc(NC2CCCCC2)n2cccc12. The van der Waals surface area contributed by atoms with Crippen molar-refractivity contribution in [1.29, 1.82) is 0 Å². The lowest BCUT2D eigenvalue weighted by atomic mass is 9.96. The van der Waals surface area contributed by atoms with Crippen molar-refractivity contribution in [1.82, 2.24) is 14.6 Å². The first-order valence-electron chi connectivity index (χ1n) is 9.69. The van der Waals surface area contributed by atoms with Gasteiger partial charge in [0.2, 0.25) is 5.95 Å². The number of nitrogens with zero attached hydrogens (tertiary/aromatic N) is 3. The first-order valence-corrected chi connectivity index (χ1v) is 9.69. The molecule has 1 aliphatic rings. The van der Waals surface area contributed by atoms with Crippen LogP contribution in [-0.4, -0.2) is 27.0 Å². The van der Waals surface area contributed by atoms with Gasteiger partial charge in [0.25, 0.3) is 0 Å². The second kappa shape index (κ2) is 7.93. The number of hydrogen-bond acceptors (Lipinski definition) is 4. The van der Waals surface area contributed by atoms with E-state index in [9.17, 15) is 26.3 Å². The van der Waals surface area contributed by atoms with Crippen LogP contribution in [0.25, 0.3) is 16.8 Å². The topological polar surface area (TPSA) is 51.5 Å². The number of rotatable bonds is 4. The first-order chi connectivity index (χ1) is 14.6. The van der Waals surface area contributed by atoms with Crippen LogP contribution < -0.4 is 10.1 Å². The third kappa shape index (κ3) is 4.70. The van der Waals surface area contributed by atoms with Crippen molar-refractivity contribution in [2.24, 2.45) is 0 Å². The van der Waals surface area contributed by atoms with Crippen LogP contribution in [-0.2, 0) is 6.18 Å². The van der Waals surface area contributed by atoms with E-state index < -0.39 is 23.9 Å². The molecule has 5 nitrogen and oxygen atoms in total. The molecule has 0 saturated heterocycles. The molecule has 2 aromatic heterocycles. The highest BCUT2D eigenvalue weighted by Gasteiger charge is 2.36. The lowest BCUT2D eigenvalue weighted by Crippen LogP contribution is -2.24. The second-order valence-electron chi connectivity index (χ2n) is 7.37. The van der Waals surface area contributed by atoms with Gasteiger partial charge in [0.15, 0.2) is 0 Å². The number of ether oxygens (including phenoxy) is 1. The predicted octanol–water partition coefficient (Wildman–Crippen LogP) is 6.06. The van der Waals surface area contributed by atoms with Gasteiger partial charge < -0.3 is 10.1 Å². The number of halogens is 6. The highest BCUT2D eigenvalue weighted by atomic mass is 19.4. The van der Waals surface area contributed by atoms with Gasteiger partial charge in [-0.05, 0) is 43.2 Å². The Bertz CT molecular complexity index is 1070. The number of fused-ring (bicyclic) bond motifs is 1. The number of aromatic nitrogens is 3. The van der Waals surface area contributed by atoms with E-state index in [0.717, 1.165) is 38.2 Å². The van der Waals surface area contributed by atoms with E-state index in [0.29, 0.717) is 23.6 Å². The Morgan fingerprint density at radius 1 is 0.968 bits per heavy atom. The highest BCUT2D eigenvalue weighted by Crippen LogP contribution is 2.40. The molecule has 0 radical (unpaired) electrons. The smallest absolute Gasteiger partial charge is 0.405 e. The van der Waals surface area contributed by atoms with Gasteiger partial charge in [-0.25, -0.2) is 0 Å². The van der Waals surface area contributed by atoms with Crippen LogP contribution >= 0.6 is 0 Å². The van der Waals surface area contributed by atoms with Gasteiger partial charge in [0.05, 0.1) is 11.1 Å². The lowest BCUT2D eigenvalue weighted by Gasteiger charge is -2.23. The monoisotopic (exact) mass is 444 g/mol. The molecule has 4 rings (SSSR count). The fraction of sp³-hybridized carbons (Fsp3) is 0.400. The summed E-state index contributed by atoms with van der Waals surface area (Å²) in [6.45, 7) is 0. The van der Waals surface area contributed by atoms with Crippen molar-refractivity contribution in [3.8, 4) is 17.0 Å². The van der Waals surface area contributed by atoms with E-state index in [1.54, 1.807) is 22.7 Å². The molecule has 1 aliphatic carbocycles. The molecule has 1 saturated carbocycles. The lowest BCUT2D eigenvalue weighted by molar-refractivity contribution is -0.274. The molecular formula is C20H18F6N4O. The van der Waals surface area contributed by atoms with Crippen LogP contribution in [0.4, 0.5) is 32.3 Å². The minimum atomic E-state index is -5.17. The zero-order chi connectivity index (χ0) is 22.2. The van der Waals surface area contributed by atoms with Crippen LogP contribution in [0.15, 0.2) is 36.5 Å². The van der Waals surface area contributed by atoms with Crippen molar-refractivity contribution in [2.45, 2.75) is 50.7 Å². The summed E-state index contributed by atoms with van der Waals surface area (Å²) >= 11 is 0. The zero-order valence-corrected chi connectivity index (χ0v) is 16.1. The van der Waals surface area contributed by atoms with Crippen molar-refractivity contribution in [2.75, 3.05) is 5.32 Å². The molecule has 31 heavy (non-hydrogen) atoms. The molecular weight excluding hydrogens is 426 g/mol. The number of anilines is 1. The first kappa shape index (κ1) is 21.3. The van der Waals surface area contributed by atoms with Crippen LogP contribution in [0, 0.1) is 0 Å². The maximum absolute atomic E-state index is 13.0. The molecule has 2 heterocycles. The van der Waals surface area contributed by atoms with Gasteiger partial charge in [-0.15, -0.1) is 23.4 Å². The number of nitrogens with one attached hydrogen (secondary N) is 1. The molecule has 1 N–H and O–H groups in total. The normalized spacial score (nSPS) is 15.9. The largest absolute Gasteiger partial charge is 0.573 e. The summed E-state index contributed by atoms with van der Waals surface area (Å²) in [4.78, 5) is 0. The standard InChI is InChI=1S/C20H18F6N4O/c21-19(22,23)12-8-9-14(16(11-12)31-20(24,25)26)17-15-7-4-10-30(15)18(29-28-17)27-13-5-2-1-3-6-13/h4,7-11,13H,1-3,5-6H2,(H,27,29). The molecule has 0 unspecified atom stereocenters. The molecule has 1 fully saturated rings.